The highest BCUT2D eigenvalue weighted by molar-refractivity contribution is 8.00. The van der Waals surface area contributed by atoms with Crippen LogP contribution in [0.5, 0.6) is 0 Å². The van der Waals surface area contributed by atoms with Crippen molar-refractivity contribution in [1.82, 2.24) is 0 Å². The summed E-state index contributed by atoms with van der Waals surface area (Å²) in [6.07, 6.45) is 5.39. The SMILES string of the molecule is CS(=O)c1cccc(NC(=O)CSCC2CCCCO2)c1. The summed E-state index contributed by atoms with van der Waals surface area (Å²) in [5, 5.41) is 2.84. The molecule has 21 heavy (non-hydrogen) atoms. The maximum atomic E-state index is 11.9. The lowest BCUT2D eigenvalue weighted by atomic mass is 10.1. The minimum atomic E-state index is -1.04. The maximum absolute atomic E-state index is 11.9. The summed E-state index contributed by atoms with van der Waals surface area (Å²) in [6, 6.07) is 7.16. The average molecular weight is 327 g/mol. The van der Waals surface area contributed by atoms with Crippen molar-refractivity contribution in [3.05, 3.63) is 24.3 Å². The predicted octanol–water partition coefficient (Wildman–Crippen LogP) is 2.66. The zero-order valence-electron chi connectivity index (χ0n) is 12.2. The highest BCUT2D eigenvalue weighted by atomic mass is 32.2. The molecule has 1 aromatic rings. The van der Waals surface area contributed by atoms with E-state index in [9.17, 15) is 9.00 Å². The number of carbonyl (C=O) groups excluding carboxylic acids is 1. The quantitative estimate of drug-likeness (QED) is 0.873. The number of benzene rings is 1. The minimum absolute atomic E-state index is 0.0326. The zero-order valence-corrected chi connectivity index (χ0v) is 13.8. The van der Waals surface area contributed by atoms with Crippen LogP contribution in [0.4, 0.5) is 5.69 Å². The van der Waals surface area contributed by atoms with Gasteiger partial charge in [0.2, 0.25) is 5.91 Å². The third-order valence-corrected chi connectivity index (χ3v) is 5.25. The van der Waals surface area contributed by atoms with E-state index in [0.717, 1.165) is 30.1 Å². The second kappa shape index (κ2) is 8.56. The van der Waals surface area contributed by atoms with E-state index in [4.69, 9.17) is 4.74 Å². The molecule has 2 atom stereocenters. The van der Waals surface area contributed by atoms with Gasteiger partial charge in [-0.25, -0.2) is 0 Å². The van der Waals surface area contributed by atoms with Gasteiger partial charge in [-0.05, 0) is 37.5 Å². The molecule has 0 bridgehead atoms. The summed E-state index contributed by atoms with van der Waals surface area (Å²) < 4.78 is 17.0. The van der Waals surface area contributed by atoms with Crippen molar-refractivity contribution in [2.45, 2.75) is 30.3 Å². The molecule has 2 rings (SSSR count). The van der Waals surface area contributed by atoms with Crippen LogP contribution in [0.25, 0.3) is 0 Å². The average Bonchev–Trinajstić information content (AvgIpc) is 2.48. The molecule has 116 valence electrons. The van der Waals surface area contributed by atoms with Crippen molar-refractivity contribution in [3.8, 4) is 0 Å². The Morgan fingerprint density at radius 2 is 2.33 bits per heavy atom. The molecule has 6 heteroatoms. The highest BCUT2D eigenvalue weighted by Gasteiger charge is 2.14. The van der Waals surface area contributed by atoms with Gasteiger partial charge >= 0.3 is 0 Å². The van der Waals surface area contributed by atoms with E-state index in [2.05, 4.69) is 5.32 Å². The Morgan fingerprint density at radius 3 is 3.05 bits per heavy atom. The molecule has 1 amide bonds. The van der Waals surface area contributed by atoms with Crippen molar-refractivity contribution in [2.75, 3.05) is 29.7 Å². The van der Waals surface area contributed by atoms with Crippen molar-refractivity contribution >= 4 is 34.2 Å². The number of thioether (sulfide) groups is 1. The standard InChI is InChI=1S/C15H21NO3S2/c1-21(18)14-7-4-5-12(9-14)16-15(17)11-20-10-13-6-2-3-8-19-13/h4-5,7,9,13H,2-3,6,8,10-11H2,1H3,(H,16,17). The summed E-state index contributed by atoms with van der Waals surface area (Å²) >= 11 is 1.60. The number of rotatable bonds is 6. The number of hydrogen-bond acceptors (Lipinski definition) is 4. The van der Waals surface area contributed by atoms with Crippen LogP contribution in [0, 0.1) is 0 Å². The molecule has 1 aliphatic heterocycles. The molecule has 1 saturated heterocycles. The van der Waals surface area contributed by atoms with Gasteiger partial charge in [-0.2, -0.15) is 0 Å². The van der Waals surface area contributed by atoms with Gasteiger partial charge in [0, 0.05) is 40.0 Å². The minimum Gasteiger partial charge on any atom is -0.377 e. The summed E-state index contributed by atoms with van der Waals surface area (Å²) in [5.41, 5.74) is 0.696. The normalized spacial score (nSPS) is 20.0. The van der Waals surface area contributed by atoms with Crippen LogP contribution >= 0.6 is 11.8 Å². The molecule has 4 nitrogen and oxygen atoms in total. The van der Waals surface area contributed by atoms with Crippen LogP contribution in [0.15, 0.2) is 29.2 Å². The molecule has 1 aromatic carbocycles. The lowest BCUT2D eigenvalue weighted by Gasteiger charge is -2.21. The molecule has 1 fully saturated rings. The fourth-order valence-corrected chi connectivity index (χ4v) is 3.64. The van der Waals surface area contributed by atoms with Crippen LogP contribution in [-0.4, -0.2) is 40.6 Å². The second-order valence-electron chi connectivity index (χ2n) is 5.03. The first-order valence-corrected chi connectivity index (χ1v) is 9.79. The Labute approximate surface area is 132 Å². The van der Waals surface area contributed by atoms with Gasteiger partial charge in [-0.3, -0.25) is 9.00 Å². The van der Waals surface area contributed by atoms with Crippen molar-refractivity contribution in [1.29, 1.82) is 0 Å². The van der Waals surface area contributed by atoms with Crippen molar-refractivity contribution in [3.63, 3.8) is 0 Å². The maximum Gasteiger partial charge on any atom is 0.234 e. The van der Waals surface area contributed by atoms with Gasteiger partial charge in [-0.1, -0.05) is 6.07 Å². The first-order chi connectivity index (χ1) is 10.1. The highest BCUT2D eigenvalue weighted by Crippen LogP contribution is 2.18. The van der Waals surface area contributed by atoms with Gasteiger partial charge in [0.15, 0.2) is 0 Å². The largest absolute Gasteiger partial charge is 0.377 e. The second-order valence-corrected chi connectivity index (χ2v) is 7.44. The smallest absolute Gasteiger partial charge is 0.234 e. The molecule has 0 radical (unpaired) electrons. The molecule has 0 aromatic heterocycles. The van der Waals surface area contributed by atoms with Crippen LogP contribution < -0.4 is 5.32 Å². The van der Waals surface area contributed by atoms with Gasteiger partial charge in [-0.15, -0.1) is 11.8 Å². The van der Waals surface area contributed by atoms with Gasteiger partial charge in [0.1, 0.15) is 0 Å². The lowest BCUT2D eigenvalue weighted by Crippen LogP contribution is -2.23. The Morgan fingerprint density at radius 1 is 1.48 bits per heavy atom. The molecule has 1 heterocycles. The van der Waals surface area contributed by atoms with Crippen LogP contribution in [0.1, 0.15) is 19.3 Å². The van der Waals surface area contributed by atoms with Gasteiger partial charge in [0.05, 0.1) is 11.9 Å². The summed E-state index contributed by atoms with van der Waals surface area (Å²) in [6.45, 7) is 0.846. The zero-order chi connectivity index (χ0) is 15.1. The third-order valence-electron chi connectivity index (χ3n) is 3.26. The molecule has 1 N–H and O–H groups in total. The molecule has 0 aliphatic carbocycles. The van der Waals surface area contributed by atoms with E-state index in [1.165, 1.54) is 6.42 Å². The Balaban J connectivity index is 1.73. The summed E-state index contributed by atoms with van der Waals surface area (Å²) in [7, 11) is -1.04. The Hall–Kier alpha value is -0.850. The Kier molecular flexibility index (Phi) is 6.73. The number of ether oxygens (including phenoxy) is 1. The number of hydrogen-bond donors (Lipinski definition) is 1. The number of amides is 1. The molecular formula is C15H21NO3S2. The van der Waals surface area contributed by atoms with E-state index in [-0.39, 0.29) is 5.91 Å². The third kappa shape index (κ3) is 5.80. The Bertz CT molecular complexity index is 501. The number of nitrogens with one attached hydrogen (secondary N) is 1. The van der Waals surface area contributed by atoms with Crippen molar-refractivity contribution in [2.24, 2.45) is 0 Å². The lowest BCUT2D eigenvalue weighted by molar-refractivity contribution is -0.113. The van der Waals surface area contributed by atoms with Gasteiger partial charge in [0.25, 0.3) is 0 Å². The number of carbonyl (C=O) groups is 1. The first kappa shape index (κ1) is 16.5. The topological polar surface area (TPSA) is 55.4 Å². The van der Waals surface area contributed by atoms with E-state index >= 15 is 0 Å². The van der Waals surface area contributed by atoms with E-state index in [1.807, 2.05) is 6.07 Å². The van der Waals surface area contributed by atoms with Crippen molar-refractivity contribution < 1.29 is 13.7 Å². The first-order valence-electron chi connectivity index (χ1n) is 7.08. The monoisotopic (exact) mass is 327 g/mol. The molecular weight excluding hydrogens is 306 g/mol. The molecule has 1 aliphatic rings. The number of anilines is 1. The molecule has 0 saturated carbocycles. The predicted molar refractivity (Wildman–Crippen MR) is 88.3 cm³/mol. The fraction of sp³-hybridized carbons (Fsp3) is 0.533. The van der Waals surface area contributed by atoms with Crippen LogP contribution in [-0.2, 0) is 20.3 Å². The summed E-state index contributed by atoms with van der Waals surface area (Å²) in [4.78, 5) is 12.6. The van der Waals surface area contributed by atoms with Crippen LogP contribution in [0.2, 0.25) is 0 Å². The van der Waals surface area contributed by atoms with E-state index in [0.29, 0.717) is 17.5 Å². The summed E-state index contributed by atoms with van der Waals surface area (Å²) in [5.74, 6) is 1.25. The van der Waals surface area contributed by atoms with E-state index in [1.54, 1.807) is 36.2 Å². The van der Waals surface area contributed by atoms with Crippen LogP contribution in [0.3, 0.4) is 0 Å². The fourth-order valence-electron chi connectivity index (χ4n) is 2.17. The van der Waals surface area contributed by atoms with Gasteiger partial charge < -0.3 is 10.1 Å². The molecule has 0 spiro atoms. The molecule has 2 unspecified atom stereocenters. The van der Waals surface area contributed by atoms with E-state index < -0.39 is 10.8 Å².